The summed E-state index contributed by atoms with van der Waals surface area (Å²) in [6.45, 7) is 0. The predicted molar refractivity (Wildman–Crippen MR) is 87.9 cm³/mol. The number of aromatic nitrogens is 1. The number of hydrogen-bond donors (Lipinski definition) is 2. The quantitative estimate of drug-likeness (QED) is 0.911. The number of benzene rings is 1. The Morgan fingerprint density at radius 1 is 1.32 bits per heavy atom. The molecule has 0 bridgehead atoms. The zero-order valence-electron chi connectivity index (χ0n) is 13.0. The Labute approximate surface area is 131 Å². The second-order valence-electron chi connectivity index (χ2n) is 6.31. The van der Waals surface area contributed by atoms with E-state index < -0.39 is 0 Å². The Morgan fingerprint density at radius 2 is 2.09 bits per heavy atom. The van der Waals surface area contributed by atoms with E-state index in [1.165, 1.54) is 0 Å². The van der Waals surface area contributed by atoms with E-state index >= 15 is 0 Å². The molecular formula is C18H24N2O2. The molecule has 1 aliphatic rings. The van der Waals surface area contributed by atoms with Crippen molar-refractivity contribution in [2.24, 2.45) is 11.7 Å². The highest BCUT2D eigenvalue weighted by Gasteiger charge is 2.25. The molecule has 1 aromatic heterocycles. The minimum absolute atomic E-state index is 0.314. The molecule has 1 aliphatic carbocycles. The van der Waals surface area contributed by atoms with Crippen molar-refractivity contribution in [2.75, 3.05) is 7.11 Å². The fourth-order valence-corrected chi connectivity index (χ4v) is 3.40. The number of fused-ring (bicyclic) bond motifs is 1. The van der Waals surface area contributed by atoms with Gasteiger partial charge in [-0.05, 0) is 55.7 Å². The molecule has 22 heavy (non-hydrogen) atoms. The van der Waals surface area contributed by atoms with Crippen molar-refractivity contribution in [3.8, 4) is 5.75 Å². The number of methoxy groups -OCH3 is 1. The monoisotopic (exact) mass is 300 g/mol. The van der Waals surface area contributed by atoms with Crippen molar-refractivity contribution in [2.45, 2.75) is 44.2 Å². The Morgan fingerprint density at radius 3 is 2.82 bits per heavy atom. The van der Waals surface area contributed by atoms with Gasteiger partial charge in [0.1, 0.15) is 5.75 Å². The normalized spacial score (nSPS) is 23.4. The summed E-state index contributed by atoms with van der Waals surface area (Å²) in [4.78, 5) is 4.42. The van der Waals surface area contributed by atoms with E-state index in [9.17, 15) is 5.11 Å². The van der Waals surface area contributed by atoms with Gasteiger partial charge in [-0.3, -0.25) is 4.98 Å². The molecule has 1 aromatic carbocycles. The summed E-state index contributed by atoms with van der Waals surface area (Å²) in [6.07, 6.45) is 6.16. The van der Waals surface area contributed by atoms with Gasteiger partial charge in [0.05, 0.1) is 24.9 Å². The lowest BCUT2D eigenvalue weighted by Crippen LogP contribution is -2.32. The summed E-state index contributed by atoms with van der Waals surface area (Å²) >= 11 is 0. The third-order valence-corrected chi connectivity index (χ3v) is 4.82. The van der Waals surface area contributed by atoms with Crippen LogP contribution >= 0.6 is 0 Å². The van der Waals surface area contributed by atoms with Crippen LogP contribution in [0.5, 0.6) is 5.75 Å². The van der Waals surface area contributed by atoms with Crippen LogP contribution < -0.4 is 10.5 Å². The third-order valence-electron chi connectivity index (χ3n) is 4.82. The lowest BCUT2D eigenvalue weighted by molar-refractivity contribution is 0.0820. The topological polar surface area (TPSA) is 68.4 Å². The Balaban J connectivity index is 1.80. The fourth-order valence-electron chi connectivity index (χ4n) is 3.40. The van der Waals surface area contributed by atoms with Gasteiger partial charge in [-0.25, -0.2) is 0 Å². The first-order valence-electron chi connectivity index (χ1n) is 8.02. The van der Waals surface area contributed by atoms with Crippen molar-refractivity contribution in [3.05, 3.63) is 36.0 Å². The van der Waals surface area contributed by atoms with Crippen molar-refractivity contribution in [1.82, 2.24) is 4.98 Å². The van der Waals surface area contributed by atoms with E-state index in [0.29, 0.717) is 18.4 Å². The molecule has 0 radical (unpaired) electrons. The molecule has 1 unspecified atom stereocenters. The van der Waals surface area contributed by atoms with Crippen LogP contribution in [0.1, 0.15) is 31.2 Å². The first-order chi connectivity index (χ1) is 10.7. The van der Waals surface area contributed by atoms with E-state index in [4.69, 9.17) is 10.5 Å². The summed E-state index contributed by atoms with van der Waals surface area (Å²) in [6, 6.07) is 8.38. The van der Waals surface area contributed by atoms with E-state index in [-0.39, 0.29) is 6.10 Å². The number of aliphatic hydroxyl groups is 1. The highest BCUT2D eigenvalue weighted by atomic mass is 16.5. The highest BCUT2D eigenvalue weighted by Crippen LogP contribution is 2.29. The Hall–Kier alpha value is -1.65. The summed E-state index contributed by atoms with van der Waals surface area (Å²) in [5.74, 6) is 1.10. The van der Waals surface area contributed by atoms with Gasteiger partial charge in [-0.15, -0.1) is 0 Å². The number of nitrogens with zero attached hydrogens (tertiary/aromatic N) is 1. The first kappa shape index (κ1) is 15.3. The van der Waals surface area contributed by atoms with Crippen LogP contribution in [-0.4, -0.2) is 29.3 Å². The van der Waals surface area contributed by atoms with Gasteiger partial charge in [-0.2, -0.15) is 0 Å². The Bertz CT molecular complexity index is 636. The van der Waals surface area contributed by atoms with E-state index in [2.05, 4.69) is 11.1 Å². The zero-order chi connectivity index (χ0) is 15.5. The van der Waals surface area contributed by atoms with Gasteiger partial charge in [0.15, 0.2) is 0 Å². The molecule has 3 rings (SSSR count). The molecule has 0 amide bonds. The average Bonchev–Trinajstić information content (AvgIpc) is 2.55. The van der Waals surface area contributed by atoms with Crippen LogP contribution in [0.4, 0.5) is 0 Å². The summed E-state index contributed by atoms with van der Waals surface area (Å²) in [7, 11) is 1.64. The van der Waals surface area contributed by atoms with Crippen LogP contribution in [-0.2, 0) is 6.42 Å². The summed E-state index contributed by atoms with van der Waals surface area (Å²) < 4.78 is 5.27. The van der Waals surface area contributed by atoms with Gasteiger partial charge in [0.2, 0.25) is 0 Å². The molecule has 3 N–H and O–H groups in total. The van der Waals surface area contributed by atoms with Crippen LogP contribution in [0.3, 0.4) is 0 Å². The van der Waals surface area contributed by atoms with Crippen molar-refractivity contribution >= 4 is 10.9 Å². The second kappa shape index (κ2) is 6.63. The molecule has 0 spiro atoms. The average molecular weight is 300 g/mol. The molecule has 1 heterocycles. The van der Waals surface area contributed by atoms with Crippen LogP contribution in [0.15, 0.2) is 30.5 Å². The third kappa shape index (κ3) is 3.23. The van der Waals surface area contributed by atoms with Crippen LogP contribution in [0, 0.1) is 5.92 Å². The molecule has 1 saturated carbocycles. The summed E-state index contributed by atoms with van der Waals surface area (Å²) in [5, 5.41) is 11.7. The minimum atomic E-state index is -0.315. The number of aliphatic hydroxyl groups excluding tert-OH is 1. The van der Waals surface area contributed by atoms with E-state index in [1.54, 1.807) is 13.3 Å². The Kier molecular flexibility index (Phi) is 4.60. The van der Waals surface area contributed by atoms with Gasteiger partial charge >= 0.3 is 0 Å². The van der Waals surface area contributed by atoms with Crippen molar-refractivity contribution < 1.29 is 9.84 Å². The number of nitrogens with two attached hydrogens (primary N) is 1. The standard InChI is InChI=1S/C18H24N2O2/c1-22-15-10-16-13(3-2-4-17(16)20-11-15)9-18(21)12-5-7-14(19)8-6-12/h2-4,10-12,14,18,21H,5-9,19H2,1H3/t12-,14-,18?. The number of pyridine rings is 1. The lowest BCUT2D eigenvalue weighted by Gasteiger charge is -2.30. The van der Waals surface area contributed by atoms with Crippen LogP contribution in [0.2, 0.25) is 0 Å². The summed E-state index contributed by atoms with van der Waals surface area (Å²) in [5.41, 5.74) is 8.02. The molecule has 0 saturated heterocycles. The van der Waals surface area contributed by atoms with Gasteiger partial charge in [-0.1, -0.05) is 12.1 Å². The molecule has 0 aliphatic heterocycles. The smallest absolute Gasteiger partial charge is 0.137 e. The minimum Gasteiger partial charge on any atom is -0.495 e. The van der Waals surface area contributed by atoms with E-state index in [0.717, 1.165) is 47.9 Å². The first-order valence-corrected chi connectivity index (χ1v) is 8.02. The molecule has 4 nitrogen and oxygen atoms in total. The number of ether oxygens (including phenoxy) is 1. The highest BCUT2D eigenvalue weighted by molar-refractivity contribution is 5.83. The number of rotatable bonds is 4. The second-order valence-corrected chi connectivity index (χ2v) is 6.31. The maximum atomic E-state index is 10.6. The maximum absolute atomic E-state index is 10.6. The largest absolute Gasteiger partial charge is 0.495 e. The lowest BCUT2D eigenvalue weighted by atomic mass is 9.81. The molecule has 4 heteroatoms. The molecule has 1 atom stereocenters. The maximum Gasteiger partial charge on any atom is 0.137 e. The fraction of sp³-hybridized carbons (Fsp3) is 0.500. The van der Waals surface area contributed by atoms with Crippen molar-refractivity contribution in [3.63, 3.8) is 0 Å². The van der Waals surface area contributed by atoms with Gasteiger partial charge in [0.25, 0.3) is 0 Å². The molecule has 118 valence electrons. The molecular weight excluding hydrogens is 276 g/mol. The van der Waals surface area contributed by atoms with Crippen LogP contribution in [0.25, 0.3) is 10.9 Å². The SMILES string of the molecule is COc1cnc2cccc(CC(O)[C@H]3CC[C@H](N)CC3)c2c1. The number of hydrogen-bond acceptors (Lipinski definition) is 4. The van der Waals surface area contributed by atoms with Gasteiger partial charge < -0.3 is 15.6 Å². The predicted octanol–water partition coefficient (Wildman–Crippen LogP) is 2.66. The molecule has 2 aromatic rings. The molecule has 1 fully saturated rings. The zero-order valence-corrected chi connectivity index (χ0v) is 13.0. The van der Waals surface area contributed by atoms with E-state index in [1.807, 2.05) is 18.2 Å². The van der Waals surface area contributed by atoms with Gasteiger partial charge in [0, 0.05) is 11.4 Å². The van der Waals surface area contributed by atoms with Crippen molar-refractivity contribution in [1.29, 1.82) is 0 Å².